The summed E-state index contributed by atoms with van der Waals surface area (Å²) in [6.07, 6.45) is 3.48. The lowest BCUT2D eigenvalue weighted by Gasteiger charge is -2.26. The molecule has 1 fully saturated rings. The van der Waals surface area contributed by atoms with Gasteiger partial charge in [0.1, 0.15) is 0 Å². The Morgan fingerprint density at radius 3 is 2.53 bits per heavy atom. The van der Waals surface area contributed by atoms with Crippen LogP contribution in [-0.2, 0) is 26.9 Å². The van der Waals surface area contributed by atoms with Crippen LogP contribution in [0.5, 0.6) is 0 Å². The number of rotatable bonds is 9. The van der Waals surface area contributed by atoms with Crippen LogP contribution >= 0.6 is 11.6 Å². The Labute approximate surface area is 184 Å². The first-order valence-corrected chi connectivity index (χ1v) is 12.4. The molecule has 0 atom stereocenters. The van der Waals surface area contributed by atoms with Crippen molar-refractivity contribution in [3.63, 3.8) is 0 Å². The van der Waals surface area contributed by atoms with Gasteiger partial charge in [0, 0.05) is 23.5 Å². The smallest absolute Gasteiger partial charge is 0.228 e. The molecule has 8 heteroatoms. The van der Waals surface area contributed by atoms with Crippen molar-refractivity contribution in [3.05, 3.63) is 46.7 Å². The van der Waals surface area contributed by atoms with Gasteiger partial charge >= 0.3 is 0 Å². The van der Waals surface area contributed by atoms with E-state index < -0.39 is 9.84 Å². The van der Waals surface area contributed by atoms with Gasteiger partial charge in [0.25, 0.3) is 0 Å². The largest absolute Gasteiger partial charge is 0.336 e. The highest BCUT2D eigenvalue weighted by molar-refractivity contribution is 7.90. The molecule has 30 heavy (non-hydrogen) atoms. The average molecular weight is 452 g/mol. The first-order valence-electron chi connectivity index (χ1n) is 10.4. The first kappa shape index (κ1) is 22.8. The monoisotopic (exact) mass is 451 g/mol. The van der Waals surface area contributed by atoms with E-state index in [4.69, 9.17) is 11.6 Å². The molecule has 1 aromatic heterocycles. The number of carbonyl (C=O) groups is 1. The van der Waals surface area contributed by atoms with Crippen LogP contribution in [0.4, 0.5) is 0 Å². The maximum Gasteiger partial charge on any atom is 0.228 e. The quantitative estimate of drug-likeness (QED) is 0.563. The zero-order chi connectivity index (χ0) is 22.1. The molecule has 2 aromatic rings. The summed E-state index contributed by atoms with van der Waals surface area (Å²) >= 11 is 6.01. The van der Waals surface area contributed by atoms with E-state index in [9.17, 15) is 13.2 Å². The van der Waals surface area contributed by atoms with Gasteiger partial charge in [0.05, 0.1) is 24.2 Å². The van der Waals surface area contributed by atoms with Crippen LogP contribution in [0.2, 0.25) is 5.02 Å². The van der Waals surface area contributed by atoms with Gasteiger partial charge < -0.3 is 9.47 Å². The van der Waals surface area contributed by atoms with E-state index in [1.807, 2.05) is 18.7 Å². The second-order valence-corrected chi connectivity index (χ2v) is 11.1. The number of aromatic nitrogens is 2. The topological polar surface area (TPSA) is 72.3 Å². The minimum absolute atomic E-state index is 0.0378. The molecule has 0 saturated heterocycles. The Balaban J connectivity index is 1.91. The number of sulfone groups is 1. The number of amides is 1. The SMILES string of the molecule is CC(C)CN(Cc1cnc(S(=O)(=O)Cc2cccc(Cl)c2)n1C(C)C)C(=O)C1CC1. The van der Waals surface area contributed by atoms with E-state index in [0.717, 1.165) is 18.5 Å². The highest BCUT2D eigenvalue weighted by atomic mass is 35.5. The van der Waals surface area contributed by atoms with Gasteiger partial charge in [-0.25, -0.2) is 13.4 Å². The fourth-order valence-corrected chi connectivity index (χ4v) is 5.45. The number of imidazole rings is 1. The zero-order valence-electron chi connectivity index (χ0n) is 18.0. The normalized spacial score (nSPS) is 14.5. The molecule has 164 valence electrons. The van der Waals surface area contributed by atoms with Gasteiger partial charge in [-0.3, -0.25) is 4.79 Å². The molecule has 0 spiro atoms. The number of benzene rings is 1. The molecular weight excluding hydrogens is 422 g/mol. The van der Waals surface area contributed by atoms with E-state index in [2.05, 4.69) is 18.8 Å². The van der Waals surface area contributed by atoms with Crippen molar-refractivity contribution in [1.82, 2.24) is 14.5 Å². The molecule has 0 radical (unpaired) electrons. The van der Waals surface area contributed by atoms with E-state index >= 15 is 0 Å². The number of carbonyl (C=O) groups excluding carboxylic acids is 1. The molecule has 0 N–H and O–H groups in total. The van der Waals surface area contributed by atoms with Crippen LogP contribution in [0.25, 0.3) is 0 Å². The molecule has 0 bridgehead atoms. The summed E-state index contributed by atoms with van der Waals surface area (Å²) in [5.41, 5.74) is 1.36. The highest BCUT2D eigenvalue weighted by Crippen LogP contribution is 2.32. The highest BCUT2D eigenvalue weighted by Gasteiger charge is 2.34. The Hall–Kier alpha value is -1.86. The Morgan fingerprint density at radius 1 is 1.27 bits per heavy atom. The van der Waals surface area contributed by atoms with Gasteiger partial charge in [0.15, 0.2) is 0 Å². The van der Waals surface area contributed by atoms with Crippen molar-refractivity contribution in [3.8, 4) is 0 Å². The number of hydrogen-bond donors (Lipinski definition) is 0. The van der Waals surface area contributed by atoms with E-state index in [0.29, 0.717) is 29.6 Å². The molecule has 0 aliphatic heterocycles. The van der Waals surface area contributed by atoms with E-state index in [-0.39, 0.29) is 28.8 Å². The predicted molar refractivity (Wildman–Crippen MR) is 118 cm³/mol. The van der Waals surface area contributed by atoms with Crippen molar-refractivity contribution >= 4 is 27.3 Å². The molecule has 1 amide bonds. The second-order valence-electron chi connectivity index (χ2n) is 8.77. The molecule has 1 saturated carbocycles. The van der Waals surface area contributed by atoms with Crippen LogP contribution in [0, 0.1) is 11.8 Å². The number of halogens is 1. The van der Waals surface area contributed by atoms with Gasteiger partial charge in [-0.15, -0.1) is 0 Å². The molecular formula is C22H30ClN3O3S. The van der Waals surface area contributed by atoms with Crippen molar-refractivity contribution < 1.29 is 13.2 Å². The van der Waals surface area contributed by atoms with Gasteiger partial charge in [0.2, 0.25) is 20.9 Å². The fourth-order valence-electron chi connectivity index (χ4n) is 3.64. The molecule has 0 unspecified atom stereocenters. The van der Waals surface area contributed by atoms with Gasteiger partial charge in [-0.2, -0.15) is 0 Å². The minimum Gasteiger partial charge on any atom is -0.336 e. The van der Waals surface area contributed by atoms with Crippen molar-refractivity contribution in [1.29, 1.82) is 0 Å². The summed E-state index contributed by atoms with van der Waals surface area (Å²) in [5, 5.41) is 0.536. The standard InChI is InChI=1S/C22H30ClN3O3S/c1-15(2)12-25(21(27)18-8-9-18)13-20-11-24-22(26(20)16(3)4)30(28,29)14-17-6-5-7-19(23)10-17/h5-7,10-11,15-16,18H,8-9,12-14H2,1-4H3. The van der Waals surface area contributed by atoms with E-state index in [1.165, 1.54) is 0 Å². The molecule has 1 heterocycles. The lowest BCUT2D eigenvalue weighted by atomic mass is 10.2. The number of nitrogens with zero attached hydrogens (tertiary/aromatic N) is 3. The van der Waals surface area contributed by atoms with Crippen LogP contribution in [0.15, 0.2) is 35.6 Å². The lowest BCUT2D eigenvalue weighted by molar-refractivity contribution is -0.133. The third-order valence-corrected chi connectivity index (χ3v) is 6.86. The Bertz CT molecular complexity index is 1010. The van der Waals surface area contributed by atoms with Crippen LogP contribution in [0.3, 0.4) is 0 Å². The first-order chi connectivity index (χ1) is 14.1. The summed E-state index contributed by atoms with van der Waals surface area (Å²) in [6.45, 7) is 9.02. The summed E-state index contributed by atoms with van der Waals surface area (Å²) in [6, 6.07) is 6.74. The Kier molecular flexibility index (Phi) is 6.92. The molecule has 3 rings (SSSR count). The molecule has 6 nitrogen and oxygen atoms in total. The number of hydrogen-bond acceptors (Lipinski definition) is 4. The third kappa shape index (κ3) is 5.43. The maximum atomic E-state index is 13.2. The second kappa shape index (κ2) is 9.10. The molecule has 1 aliphatic rings. The predicted octanol–water partition coefficient (Wildman–Crippen LogP) is 4.49. The van der Waals surface area contributed by atoms with Crippen molar-refractivity contribution in [2.45, 2.75) is 64.0 Å². The fraction of sp³-hybridized carbons (Fsp3) is 0.545. The molecule has 1 aliphatic carbocycles. The summed E-state index contributed by atoms with van der Waals surface area (Å²) in [7, 11) is -3.68. The minimum atomic E-state index is -3.68. The maximum absolute atomic E-state index is 13.2. The van der Waals surface area contributed by atoms with Crippen LogP contribution in [0.1, 0.15) is 57.8 Å². The lowest BCUT2D eigenvalue weighted by Crippen LogP contribution is -2.35. The van der Waals surface area contributed by atoms with Gasteiger partial charge in [-0.05, 0) is 50.3 Å². The Morgan fingerprint density at radius 2 is 1.97 bits per heavy atom. The van der Waals surface area contributed by atoms with Gasteiger partial charge in [-0.1, -0.05) is 37.6 Å². The van der Waals surface area contributed by atoms with E-state index in [1.54, 1.807) is 35.0 Å². The third-order valence-electron chi connectivity index (χ3n) is 5.06. The van der Waals surface area contributed by atoms with Crippen LogP contribution in [-0.4, -0.2) is 35.3 Å². The summed E-state index contributed by atoms with van der Waals surface area (Å²) in [5.74, 6) is 0.427. The molecule has 1 aromatic carbocycles. The van der Waals surface area contributed by atoms with Crippen LogP contribution < -0.4 is 0 Å². The van der Waals surface area contributed by atoms with Crippen molar-refractivity contribution in [2.75, 3.05) is 6.54 Å². The zero-order valence-corrected chi connectivity index (χ0v) is 19.6. The van der Waals surface area contributed by atoms with Crippen molar-refractivity contribution in [2.24, 2.45) is 11.8 Å². The average Bonchev–Trinajstić information content (AvgIpc) is 3.39. The summed E-state index contributed by atoms with van der Waals surface area (Å²) in [4.78, 5) is 18.9. The summed E-state index contributed by atoms with van der Waals surface area (Å²) < 4.78 is 28.1.